The van der Waals surface area contributed by atoms with Crippen LogP contribution in [-0.4, -0.2) is 12.0 Å². The molecule has 2 rings (SSSR count). The van der Waals surface area contributed by atoms with Crippen LogP contribution in [0.1, 0.15) is 39.9 Å². The van der Waals surface area contributed by atoms with E-state index in [1.807, 2.05) is 0 Å². The van der Waals surface area contributed by atoms with Gasteiger partial charge in [0, 0.05) is 5.56 Å². The Kier molecular flexibility index (Phi) is 6.69. The largest absolute Gasteiger partial charge is 0.417 e. The monoisotopic (exact) mass is 458 g/mol. The molecule has 0 saturated carbocycles. The van der Waals surface area contributed by atoms with Crippen LogP contribution in [0.3, 0.4) is 0 Å². The van der Waals surface area contributed by atoms with E-state index in [-0.39, 0.29) is 5.56 Å². The van der Waals surface area contributed by atoms with Crippen molar-refractivity contribution in [2.75, 3.05) is 0 Å². The predicted molar refractivity (Wildman–Crippen MR) is 95.7 cm³/mol. The third-order valence-corrected chi connectivity index (χ3v) is 4.48. The van der Waals surface area contributed by atoms with Gasteiger partial charge in [-0.05, 0) is 36.2 Å². The van der Waals surface area contributed by atoms with Crippen molar-refractivity contribution >= 4 is 35.1 Å². The minimum absolute atomic E-state index is 0.212. The summed E-state index contributed by atoms with van der Waals surface area (Å²) < 4.78 is 93.3. The first-order valence-corrected chi connectivity index (χ1v) is 8.59. The third kappa shape index (κ3) is 5.51. The number of Topliss-reactive ketones (excluding diaryl/α,β-unsaturated/α-hetero) is 1. The molecule has 0 aliphatic carbocycles. The first kappa shape index (κ1) is 23.2. The van der Waals surface area contributed by atoms with Gasteiger partial charge < -0.3 is 0 Å². The van der Waals surface area contributed by atoms with Crippen LogP contribution in [0.25, 0.3) is 6.08 Å². The standard InChI is InChI=1S/C19H11Cl2F7O/c1-9(29)12-4-2-10(6-14(12)19(26,27)28)3-5-13(18(23,24)25)11-7-15(20)17(22)16(21)8-11/h2-8,13H,1H3/b5-3+. The van der Waals surface area contributed by atoms with Gasteiger partial charge in [0.25, 0.3) is 0 Å². The fourth-order valence-electron chi connectivity index (χ4n) is 2.58. The van der Waals surface area contributed by atoms with Gasteiger partial charge in [-0.1, -0.05) is 47.5 Å². The Morgan fingerprint density at radius 2 is 1.55 bits per heavy atom. The van der Waals surface area contributed by atoms with E-state index >= 15 is 0 Å². The van der Waals surface area contributed by atoms with Gasteiger partial charge in [0.1, 0.15) is 0 Å². The minimum Gasteiger partial charge on any atom is -0.294 e. The molecule has 0 bridgehead atoms. The van der Waals surface area contributed by atoms with Gasteiger partial charge in [-0.15, -0.1) is 0 Å². The summed E-state index contributed by atoms with van der Waals surface area (Å²) in [5, 5.41) is -1.25. The molecule has 156 valence electrons. The van der Waals surface area contributed by atoms with E-state index in [0.29, 0.717) is 12.1 Å². The fraction of sp³-hybridized carbons (Fsp3) is 0.211. The summed E-state index contributed by atoms with van der Waals surface area (Å²) in [6, 6.07) is 4.03. The zero-order chi connectivity index (χ0) is 22.1. The SMILES string of the molecule is CC(=O)c1ccc(/C=C/C(c2cc(Cl)c(F)c(Cl)c2)C(F)(F)F)cc1C(F)(F)F. The molecule has 0 radical (unpaired) electrons. The molecule has 0 amide bonds. The van der Waals surface area contributed by atoms with Crippen LogP contribution >= 0.6 is 23.2 Å². The Balaban J connectivity index is 2.52. The highest BCUT2D eigenvalue weighted by molar-refractivity contribution is 6.35. The Bertz CT molecular complexity index is 939. The van der Waals surface area contributed by atoms with Crippen LogP contribution in [0.5, 0.6) is 0 Å². The maximum absolute atomic E-state index is 13.5. The molecule has 0 aromatic heterocycles. The Hall–Kier alpha value is -2.06. The van der Waals surface area contributed by atoms with Crippen molar-refractivity contribution in [3.05, 3.63) is 74.5 Å². The summed E-state index contributed by atoms with van der Waals surface area (Å²) >= 11 is 11.1. The molecule has 29 heavy (non-hydrogen) atoms. The van der Waals surface area contributed by atoms with E-state index in [0.717, 1.165) is 37.3 Å². The van der Waals surface area contributed by atoms with Crippen molar-refractivity contribution in [3.8, 4) is 0 Å². The van der Waals surface area contributed by atoms with E-state index in [1.165, 1.54) is 0 Å². The molecule has 10 heteroatoms. The minimum atomic E-state index is -4.87. The van der Waals surface area contributed by atoms with Crippen LogP contribution < -0.4 is 0 Å². The molecule has 0 heterocycles. The van der Waals surface area contributed by atoms with Crippen molar-refractivity contribution in [3.63, 3.8) is 0 Å². The molecule has 1 nitrogen and oxygen atoms in total. The van der Waals surface area contributed by atoms with E-state index in [9.17, 15) is 35.5 Å². The lowest BCUT2D eigenvalue weighted by Crippen LogP contribution is -2.19. The Morgan fingerprint density at radius 3 is 2.00 bits per heavy atom. The van der Waals surface area contributed by atoms with Gasteiger partial charge in [0.05, 0.1) is 21.5 Å². The smallest absolute Gasteiger partial charge is 0.294 e. The van der Waals surface area contributed by atoms with Gasteiger partial charge in [0.2, 0.25) is 0 Å². The van der Waals surface area contributed by atoms with Crippen LogP contribution in [0, 0.1) is 5.82 Å². The zero-order valence-corrected chi connectivity index (χ0v) is 15.9. The average Bonchev–Trinajstić information content (AvgIpc) is 2.57. The maximum Gasteiger partial charge on any atom is 0.417 e. The van der Waals surface area contributed by atoms with Gasteiger partial charge in [-0.25, -0.2) is 4.39 Å². The summed E-state index contributed by atoms with van der Waals surface area (Å²) in [6.07, 6.45) is -8.30. The summed E-state index contributed by atoms with van der Waals surface area (Å²) in [5.74, 6) is -4.23. The summed E-state index contributed by atoms with van der Waals surface area (Å²) in [6.45, 7) is 0.946. The number of rotatable bonds is 4. The second-order valence-corrected chi connectivity index (χ2v) is 6.85. The molecule has 0 saturated heterocycles. The van der Waals surface area contributed by atoms with E-state index in [4.69, 9.17) is 23.2 Å². The number of carbonyl (C=O) groups excluding carboxylic acids is 1. The first-order chi connectivity index (χ1) is 13.2. The fourth-order valence-corrected chi connectivity index (χ4v) is 3.08. The molecule has 1 atom stereocenters. The van der Waals surface area contributed by atoms with Gasteiger partial charge in [0.15, 0.2) is 11.6 Å². The van der Waals surface area contributed by atoms with E-state index in [2.05, 4.69) is 0 Å². The molecule has 0 aliphatic heterocycles. The average molecular weight is 459 g/mol. The summed E-state index contributed by atoms with van der Waals surface area (Å²) in [7, 11) is 0. The lowest BCUT2D eigenvalue weighted by molar-refractivity contribution is -0.139. The topological polar surface area (TPSA) is 17.1 Å². The van der Waals surface area contributed by atoms with Crippen molar-refractivity contribution < 1.29 is 35.5 Å². The van der Waals surface area contributed by atoms with Crippen molar-refractivity contribution in [1.82, 2.24) is 0 Å². The molecule has 2 aromatic carbocycles. The lowest BCUT2D eigenvalue weighted by Gasteiger charge is -2.18. The number of carbonyl (C=O) groups is 1. The zero-order valence-electron chi connectivity index (χ0n) is 14.4. The summed E-state index contributed by atoms with van der Waals surface area (Å²) in [5.41, 5.74) is -2.56. The van der Waals surface area contributed by atoms with Crippen LogP contribution in [0.15, 0.2) is 36.4 Å². The second-order valence-electron chi connectivity index (χ2n) is 6.04. The number of allylic oxidation sites excluding steroid dienone is 1. The third-order valence-electron chi connectivity index (χ3n) is 3.93. The molecule has 0 aliphatic rings. The number of hydrogen-bond donors (Lipinski definition) is 0. The van der Waals surface area contributed by atoms with Crippen molar-refractivity contribution in [2.45, 2.75) is 25.2 Å². The maximum atomic E-state index is 13.5. The quantitative estimate of drug-likeness (QED) is 0.260. The number of benzene rings is 2. The highest BCUT2D eigenvalue weighted by Gasteiger charge is 2.39. The molecule has 0 N–H and O–H groups in total. The summed E-state index contributed by atoms with van der Waals surface area (Å²) in [4.78, 5) is 11.4. The Labute approximate surface area is 170 Å². The molecular weight excluding hydrogens is 448 g/mol. The van der Waals surface area contributed by atoms with E-state index < -0.39 is 56.6 Å². The number of halogens is 9. The Morgan fingerprint density at radius 1 is 1.00 bits per heavy atom. The first-order valence-electron chi connectivity index (χ1n) is 7.83. The van der Waals surface area contributed by atoms with Crippen LogP contribution in [0.4, 0.5) is 30.7 Å². The number of ketones is 1. The van der Waals surface area contributed by atoms with E-state index in [1.54, 1.807) is 0 Å². The lowest BCUT2D eigenvalue weighted by atomic mass is 9.95. The van der Waals surface area contributed by atoms with Gasteiger partial charge in [-0.2, -0.15) is 26.3 Å². The molecule has 2 aromatic rings. The van der Waals surface area contributed by atoms with Crippen LogP contribution in [0.2, 0.25) is 10.0 Å². The second kappa shape index (κ2) is 8.36. The predicted octanol–water partition coefficient (Wildman–Crippen LogP) is 7.71. The molecule has 0 spiro atoms. The molecular formula is C19H11Cl2F7O. The van der Waals surface area contributed by atoms with Crippen LogP contribution in [-0.2, 0) is 6.18 Å². The highest BCUT2D eigenvalue weighted by Crippen LogP contribution is 2.40. The molecule has 1 unspecified atom stereocenters. The normalized spacial score (nSPS) is 13.7. The van der Waals surface area contributed by atoms with Crippen molar-refractivity contribution in [1.29, 1.82) is 0 Å². The number of alkyl halides is 6. The number of hydrogen-bond acceptors (Lipinski definition) is 1. The van der Waals surface area contributed by atoms with Crippen molar-refractivity contribution in [2.24, 2.45) is 0 Å². The molecule has 0 fully saturated rings. The van der Waals surface area contributed by atoms with Gasteiger partial charge in [-0.3, -0.25) is 4.79 Å². The van der Waals surface area contributed by atoms with Gasteiger partial charge >= 0.3 is 12.4 Å². The highest BCUT2D eigenvalue weighted by atomic mass is 35.5.